The molecular weight excluding hydrogens is 264 g/mol. The molecule has 0 heterocycles. The highest BCUT2D eigenvalue weighted by Crippen LogP contribution is 2.52. The summed E-state index contributed by atoms with van der Waals surface area (Å²) in [5.74, 6) is 0.109. The fourth-order valence-corrected chi connectivity index (χ4v) is 4.51. The Balaban J connectivity index is 2.00. The number of rotatable bonds is 2. The molecule has 1 fully saturated rings. The van der Waals surface area contributed by atoms with E-state index < -0.39 is 0 Å². The van der Waals surface area contributed by atoms with Crippen LogP contribution < -0.4 is 11.1 Å². The largest absolute Gasteiger partial charge is 0.399 e. The van der Waals surface area contributed by atoms with E-state index >= 15 is 0 Å². The van der Waals surface area contributed by atoms with E-state index in [4.69, 9.17) is 5.73 Å². The molecule has 0 bridgehead atoms. The van der Waals surface area contributed by atoms with Crippen molar-refractivity contribution in [1.29, 1.82) is 0 Å². The molecule has 2 aliphatic carbocycles. The van der Waals surface area contributed by atoms with Gasteiger partial charge in [0.2, 0.25) is 12.3 Å². The number of nitrogen functional groups attached to an aromatic ring is 1. The Kier molecular flexibility index (Phi) is 3.47. The van der Waals surface area contributed by atoms with Crippen molar-refractivity contribution in [3.63, 3.8) is 0 Å². The molecule has 2 aliphatic rings. The van der Waals surface area contributed by atoms with Gasteiger partial charge in [0.1, 0.15) is 0 Å². The van der Waals surface area contributed by atoms with Crippen molar-refractivity contribution >= 4 is 18.0 Å². The van der Waals surface area contributed by atoms with Crippen molar-refractivity contribution in [1.82, 2.24) is 5.32 Å². The van der Waals surface area contributed by atoms with Crippen LogP contribution in [0.1, 0.15) is 43.7 Å². The molecule has 0 radical (unpaired) electrons. The smallest absolute Gasteiger partial charge is 0.229 e. The number of aryl methyl sites for hydroxylation is 1. The first-order chi connectivity index (χ1) is 10.1. The summed E-state index contributed by atoms with van der Waals surface area (Å²) in [7, 11) is 0. The van der Waals surface area contributed by atoms with Crippen molar-refractivity contribution < 1.29 is 9.59 Å². The van der Waals surface area contributed by atoms with E-state index in [0.717, 1.165) is 37.8 Å². The number of carbonyl (C=O) groups excluding carboxylic acids is 2. The average molecular weight is 286 g/mol. The summed E-state index contributed by atoms with van der Waals surface area (Å²) in [6, 6.07) is 6.17. The minimum atomic E-state index is -0.117. The van der Waals surface area contributed by atoms with Crippen LogP contribution in [0.25, 0.3) is 0 Å². The zero-order valence-electron chi connectivity index (χ0n) is 12.4. The number of imide groups is 1. The van der Waals surface area contributed by atoms with Gasteiger partial charge in [-0.05, 0) is 60.3 Å². The molecule has 3 unspecified atom stereocenters. The van der Waals surface area contributed by atoms with Crippen LogP contribution in [0, 0.1) is 11.8 Å². The molecule has 1 aromatic rings. The number of amides is 2. The van der Waals surface area contributed by atoms with Crippen molar-refractivity contribution in [2.24, 2.45) is 11.8 Å². The second kappa shape index (κ2) is 5.17. The van der Waals surface area contributed by atoms with Gasteiger partial charge in [0.15, 0.2) is 0 Å². The summed E-state index contributed by atoms with van der Waals surface area (Å²) in [5.41, 5.74) is 9.43. The Morgan fingerprint density at radius 1 is 1.43 bits per heavy atom. The van der Waals surface area contributed by atoms with Crippen LogP contribution in [-0.2, 0) is 21.4 Å². The maximum absolute atomic E-state index is 12.2. The number of fused-ring (bicyclic) bond motifs is 3. The van der Waals surface area contributed by atoms with Gasteiger partial charge in [-0.3, -0.25) is 14.9 Å². The summed E-state index contributed by atoms with van der Waals surface area (Å²) >= 11 is 0. The van der Waals surface area contributed by atoms with Gasteiger partial charge in [-0.2, -0.15) is 0 Å². The van der Waals surface area contributed by atoms with Crippen molar-refractivity contribution in [2.45, 2.75) is 44.4 Å². The van der Waals surface area contributed by atoms with Crippen molar-refractivity contribution in [3.05, 3.63) is 29.3 Å². The summed E-state index contributed by atoms with van der Waals surface area (Å²) in [6.45, 7) is 2.26. The molecule has 3 N–H and O–H groups in total. The van der Waals surface area contributed by atoms with Crippen molar-refractivity contribution in [2.75, 3.05) is 5.73 Å². The summed E-state index contributed by atoms with van der Waals surface area (Å²) in [5, 5.41) is 2.36. The molecule has 21 heavy (non-hydrogen) atoms. The third kappa shape index (κ3) is 2.23. The molecule has 3 atom stereocenters. The van der Waals surface area contributed by atoms with Gasteiger partial charge >= 0.3 is 0 Å². The van der Waals surface area contributed by atoms with Gasteiger partial charge < -0.3 is 5.73 Å². The minimum Gasteiger partial charge on any atom is -0.399 e. The maximum Gasteiger partial charge on any atom is 0.229 e. The quantitative estimate of drug-likeness (QED) is 0.646. The fraction of sp³-hybridized carbons (Fsp3) is 0.529. The van der Waals surface area contributed by atoms with Gasteiger partial charge in [0, 0.05) is 11.6 Å². The molecule has 3 rings (SSSR count). The molecule has 1 aromatic carbocycles. The number of hydrogen-bond donors (Lipinski definition) is 2. The van der Waals surface area contributed by atoms with E-state index in [1.165, 1.54) is 11.1 Å². The second-order valence-electron chi connectivity index (χ2n) is 6.60. The van der Waals surface area contributed by atoms with Gasteiger partial charge in [0.25, 0.3) is 0 Å². The standard InChI is InChI=1S/C17H22N2O2/c1-17-8-2-3-13(16(21)19-10-20)14(17)7-5-11-4-6-12(18)9-15(11)17/h4,6,9-10,13-14H,2-3,5,7-8,18H2,1H3,(H,19,20,21). The molecule has 0 aliphatic heterocycles. The zero-order valence-corrected chi connectivity index (χ0v) is 12.4. The molecule has 4 heteroatoms. The summed E-state index contributed by atoms with van der Waals surface area (Å²) in [4.78, 5) is 22.8. The number of nitrogens with two attached hydrogens (primary N) is 1. The monoisotopic (exact) mass is 286 g/mol. The van der Waals surface area contributed by atoms with Crippen LogP contribution in [0.5, 0.6) is 0 Å². The molecule has 2 amide bonds. The molecule has 4 nitrogen and oxygen atoms in total. The van der Waals surface area contributed by atoms with Crippen LogP contribution in [0.4, 0.5) is 5.69 Å². The highest BCUT2D eigenvalue weighted by molar-refractivity contribution is 5.88. The first kappa shape index (κ1) is 14.1. The van der Waals surface area contributed by atoms with Crippen LogP contribution in [0.15, 0.2) is 18.2 Å². The highest BCUT2D eigenvalue weighted by Gasteiger charge is 2.48. The lowest BCUT2D eigenvalue weighted by molar-refractivity contribution is -0.132. The number of anilines is 1. The molecular formula is C17H22N2O2. The molecule has 112 valence electrons. The van der Waals surface area contributed by atoms with E-state index in [1.807, 2.05) is 6.07 Å². The SMILES string of the molecule is CC12CCCC(C(=O)NC=O)C1CCc1ccc(N)cc12. The molecule has 0 aromatic heterocycles. The van der Waals surface area contributed by atoms with Crippen LogP contribution in [0.3, 0.4) is 0 Å². The van der Waals surface area contributed by atoms with Crippen LogP contribution >= 0.6 is 0 Å². The van der Waals surface area contributed by atoms with E-state index in [0.29, 0.717) is 12.3 Å². The molecule has 0 saturated heterocycles. The normalized spacial score (nSPS) is 30.9. The lowest BCUT2D eigenvalue weighted by atomic mass is 9.54. The van der Waals surface area contributed by atoms with Gasteiger partial charge in [-0.25, -0.2) is 0 Å². The Hall–Kier alpha value is -1.84. The minimum absolute atomic E-state index is 0.00783. The lowest BCUT2D eigenvalue weighted by Crippen LogP contribution is -2.48. The third-order valence-corrected chi connectivity index (χ3v) is 5.53. The Morgan fingerprint density at radius 2 is 2.24 bits per heavy atom. The Morgan fingerprint density at radius 3 is 3.00 bits per heavy atom. The Bertz CT molecular complexity index is 584. The number of carbonyl (C=O) groups is 2. The molecule has 1 saturated carbocycles. The maximum atomic E-state index is 12.2. The van der Waals surface area contributed by atoms with E-state index in [1.54, 1.807) is 0 Å². The highest BCUT2D eigenvalue weighted by atomic mass is 16.2. The van der Waals surface area contributed by atoms with Gasteiger partial charge in [0.05, 0.1) is 0 Å². The first-order valence-electron chi connectivity index (χ1n) is 7.69. The van der Waals surface area contributed by atoms with Crippen molar-refractivity contribution in [3.8, 4) is 0 Å². The van der Waals surface area contributed by atoms with E-state index in [9.17, 15) is 9.59 Å². The first-order valence-corrected chi connectivity index (χ1v) is 7.69. The van der Waals surface area contributed by atoms with Crippen LogP contribution in [-0.4, -0.2) is 12.3 Å². The lowest BCUT2D eigenvalue weighted by Gasteiger charge is -2.49. The third-order valence-electron chi connectivity index (χ3n) is 5.53. The topological polar surface area (TPSA) is 72.2 Å². The van der Waals surface area contributed by atoms with Gasteiger partial charge in [-0.15, -0.1) is 0 Å². The number of nitrogens with one attached hydrogen (secondary N) is 1. The predicted molar refractivity (Wildman–Crippen MR) is 81.6 cm³/mol. The average Bonchev–Trinajstić information content (AvgIpc) is 2.46. The Labute approximate surface area is 125 Å². The van der Waals surface area contributed by atoms with E-state index in [-0.39, 0.29) is 17.2 Å². The van der Waals surface area contributed by atoms with E-state index in [2.05, 4.69) is 24.4 Å². The van der Waals surface area contributed by atoms with Gasteiger partial charge in [-0.1, -0.05) is 19.4 Å². The zero-order chi connectivity index (χ0) is 15.0. The van der Waals surface area contributed by atoms with Crippen LogP contribution in [0.2, 0.25) is 0 Å². The summed E-state index contributed by atoms with van der Waals surface area (Å²) in [6.07, 6.45) is 5.46. The second-order valence-corrected chi connectivity index (χ2v) is 6.60. The number of benzene rings is 1. The fourth-order valence-electron chi connectivity index (χ4n) is 4.51. The number of hydrogen-bond acceptors (Lipinski definition) is 3. The summed E-state index contributed by atoms with van der Waals surface area (Å²) < 4.78 is 0. The molecule has 0 spiro atoms. The predicted octanol–water partition coefficient (Wildman–Crippen LogP) is 2.16.